The van der Waals surface area contributed by atoms with Crippen molar-refractivity contribution in [1.82, 2.24) is 24.4 Å². The van der Waals surface area contributed by atoms with E-state index in [1.165, 1.54) is 5.69 Å². The van der Waals surface area contributed by atoms with Gasteiger partial charge < -0.3 is 14.8 Å². The summed E-state index contributed by atoms with van der Waals surface area (Å²) in [6, 6.07) is 8.11. The lowest BCUT2D eigenvalue weighted by atomic mass is 10.2. The second-order valence-corrected chi connectivity index (χ2v) is 7.18. The van der Waals surface area contributed by atoms with Gasteiger partial charge in [-0.05, 0) is 31.2 Å². The van der Waals surface area contributed by atoms with Gasteiger partial charge in [0.25, 0.3) is 0 Å². The lowest BCUT2D eigenvalue weighted by Gasteiger charge is -2.36. The minimum Gasteiger partial charge on any atom is -0.371 e. The van der Waals surface area contributed by atoms with Crippen LogP contribution in [0.5, 0.6) is 0 Å². The highest BCUT2D eigenvalue weighted by atomic mass is 35.5. The molecule has 1 aromatic carbocycles. The maximum Gasteiger partial charge on any atom is 0.165 e. The molecule has 1 aliphatic heterocycles. The van der Waals surface area contributed by atoms with Crippen molar-refractivity contribution in [3.63, 3.8) is 0 Å². The predicted molar refractivity (Wildman–Crippen MR) is 110 cm³/mol. The molecule has 0 amide bonds. The Morgan fingerprint density at radius 3 is 2.70 bits per heavy atom. The van der Waals surface area contributed by atoms with Crippen LogP contribution in [0.25, 0.3) is 11.2 Å². The number of hydrogen-bond donors (Lipinski definition) is 1. The van der Waals surface area contributed by atoms with Gasteiger partial charge in [-0.15, -0.1) is 0 Å². The standard InChI is InChI=1S/C19H24ClN7/c1-21-18-17-19(23-13-22-18)27(14-24-17)7-3-6-25-8-10-26(11-9-25)16-5-2-4-15(20)12-16/h2,4-5,12-14H,3,6-11H2,1H3,(H,21,22,23). The molecule has 2 aromatic heterocycles. The minimum atomic E-state index is 0.774. The molecule has 3 aromatic rings. The van der Waals surface area contributed by atoms with Crippen LogP contribution in [0.15, 0.2) is 36.9 Å². The molecule has 1 saturated heterocycles. The second kappa shape index (κ2) is 8.10. The van der Waals surface area contributed by atoms with Crippen LogP contribution in [0.4, 0.5) is 11.5 Å². The predicted octanol–water partition coefficient (Wildman–Crippen LogP) is 2.73. The molecule has 3 heterocycles. The molecule has 0 radical (unpaired) electrons. The number of fused-ring (bicyclic) bond motifs is 1. The van der Waals surface area contributed by atoms with E-state index >= 15 is 0 Å². The number of piperazine rings is 1. The summed E-state index contributed by atoms with van der Waals surface area (Å²) in [7, 11) is 1.85. The normalized spacial score (nSPS) is 15.4. The van der Waals surface area contributed by atoms with Gasteiger partial charge in [0.1, 0.15) is 11.8 Å². The zero-order valence-electron chi connectivity index (χ0n) is 15.5. The van der Waals surface area contributed by atoms with Gasteiger partial charge in [-0.2, -0.15) is 0 Å². The first-order valence-corrected chi connectivity index (χ1v) is 9.69. The van der Waals surface area contributed by atoms with Crippen molar-refractivity contribution in [3.05, 3.63) is 41.9 Å². The van der Waals surface area contributed by atoms with Crippen LogP contribution in [-0.2, 0) is 6.54 Å². The summed E-state index contributed by atoms with van der Waals surface area (Å²) in [4.78, 5) is 18.0. The summed E-state index contributed by atoms with van der Waals surface area (Å²) in [5.74, 6) is 0.774. The van der Waals surface area contributed by atoms with Crippen LogP contribution in [0.2, 0.25) is 5.02 Å². The fourth-order valence-corrected chi connectivity index (χ4v) is 3.78. The fraction of sp³-hybridized carbons (Fsp3) is 0.421. The molecule has 1 aliphatic rings. The first-order chi connectivity index (χ1) is 13.2. The van der Waals surface area contributed by atoms with E-state index in [0.29, 0.717) is 0 Å². The number of rotatable bonds is 6. The van der Waals surface area contributed by atoms with E-state index in [2.05, 4.69) is 40.7 Å². The molecular weight excluding hydrogens is 362 g/mol. The van der Waals surface area contributed by atoms with Crippen LogP contribution >= 0.6 is 11.6 Å². The molecule has 4 rings (SSSR count). The minimum absolute atomic E-state index is 0.774. The number of anilines is 2. The maximum absolute atomic E-state index is 6.11. The van der Waals surface area contributed by atoms with E-state index in [1.54, 1.807) is 6.33 Å². The average Bonchev–Trinajstić information content (AvgIpc) is 3.12. The summed E-state index contributed by atoms with van der Waals surface area (Å²) in [5, 5.41) is 3.86. The zero-order valence-corrected chi connectivity index (χ0v) is 16.2. The van der Waals surface area contributed by atoms with Crippen LogP contribution in [0.3, 0.4) is 0 Å². The van der Waals surface area contributed by atoms with Gasteiger partial charge in [0.15, 0.2) is 11.5 Å². The number of aryl methyl sites for hydroxylation is 1. The fourth-order valence-electron chi connectivity index (χ4n) is 3.59. The van der Waals surface area contributed by atoms with Gasteiger partial charge in [-0.3, -0.25) is 4.90 Å². The van der Waals surface area contributed by atoms with Gasteiger partial charge in [0, 0.05) is 50.5 Å². The Balaban J connectivity index is 1.28. The molecule has 8 heteroatoms. The molecule has 0 bridgehead atoms. The van der Waals surface area contributed by atoms with E-state index in [-0.39, 0.29) is 0 Å². The van der Waals surface area contributed by atoms with Gasteiger partial charge in [-0.25, -0.2) is 15.0 Å². The Morgan fingerprint density at radius 1 is 1.07 bits per heavy atom. The Labute approximate surface area is 164 Å². The number of hydrogen-bond acceptors (Lipinski definition) is 6. The molecule has 0 spiro atoms. The highest BCUT2D eigenvalue weighted by Gasteiger charge is 2.17. The number of benzene rings is 1. The molecule has 1 fully saturated rings. The lowest BCUT2D eigenvalue weighted by Crippen LogP contribution is -2.46. The van der Waals surface area contributed by atoms with E-state index < -0.39 is 0 Å². The smallest absolute Gasteiger partial charge is 0.165 e. The van der Waals surface area contributed by atoms with Crippen molar-refractivity contribution in [2.45, 2.75) is 13.0 Å². The zero-order chi connectivity index (χ0) is 18.6. The van der Waals surface area contributed by atoms with Crippen molar-refractivity contribution in [2.24, 2.45) is 0 Å². The summed E-state index contributed by atoms with van der Waals surface area (Å²) < 4.78 is 2.11. The number of halogens is 1. The molecule has 0 atom stereocenters. The first-order valence-electron chi connectivity index (χ1n) is 9.31. The summed E-state index contributed by atoms with van der Waals surface area (Å²) in [6.45, 7) is 6.20. The molecule has 0 unspecified atom stereocenters. The molecule has 27 heavy (non-hydrogen) atoms. The van der Waals surface area contributed by atoms with Crippen molar-refractivity contribution in [2.75, 3.05) is 50.0 Å². The number of aromatic nitrogens is 4. The lowest BCUT2D eigenvalue weighted by molar-refractivity contribution is 0.251. The van der Waals surface area contributed by atoms with Crippen LogP contribution < -0.4 is 10.2 Å². The van der Waals surface area contributed by atoms with Crippen LogP contribution in [0.1, 0.15) is 6.42 Å². The Bertz CT molecular complexity index is 902. The van der Waals surface area contributed by atoms with E-state index in [0.717, 1.165) is 67.7 Å². The van der Waals surface area contributed by atoms with E-state index in [4.69, 9.17) is 11.6 Å². The summed E-state index contributed by atoms with van der Waals surface area (Å²) in [6.07, 6.45) is 4.51. The number of nitrogens with zero attached hydrogens (tertiary/aromatic N) is 6. The molecule has 0 aliphatic carbocycles. The highest BCUT2D eigenvalue weighted by Crippen LogP contribution is 2.21. The average molecular weight is 386 g/mol. The molecule has 1 N–H and O–H groups in total. The SMILES string of the molecule is CNc1ncnc2c1ncn2CCCN1CCN(c2cccc(Cl)c2)CC1. The van der Waals surface area contributed by atoms with Crippen LogP contribution in [0, 0.1) is 0 Å². The van der Waals surface area contributed by atoms with Crippen molar-refractivity contribution in [3.8, 4) is 0 Å². The second-order valence-electron chi connectivity index (χ2n) is 6.74. The topological polar surface area (TPSA) is 62.1 Å². The quantitative estimate of drug-likeness (QED) is 0.704. The highest BCUT2D eigenvalue weighted by molar-refractivity contribution is 6.30. The van der Waals surface area contributed by atoms with Crippen molar-refractivity contribution in [1.29, 1.82) is 0 Å². The van der Waals surface area contributed by atoms with E-state index in [1.807, 2.05) is 31.6 Å². The third-order valence-corrected chi connectivity index (χ3v) is 5.29. The van der Waals surface area contributed by atoms with Crippen LogP contribution in [-0.4, -0.2) is 64.2 Å². The van der Waals surface area contributed by atoms with Crippen molar-refractivity contribution < 1.29 is 0 Å². The third kappa shape index (κ3) is 3.99. The Hall–Kier alpha value is -2.38. The third-order valence-electron chi connectivity index (χ3n) is 5.06. The molecule has 142 valence electrons. The van der Waals surface area contributed by atoms with Gasteiger partial charge in [-0.1, -0.05) is 17.7 Å². The Morgan fingerprint density at radius 2 is 1.93 bits per heavy atom. The van der Waals surface area contributed by atoms with Crippen molar-refractivity contribution >= 4 is 34.3 Å². The molecular formula is C19H24ClN7. The van der Waals surface area contributed by atoms with Gasteiger partial charge >= 0.3 is 0 Å². The maximum atomic E-state index is 6.11. The number of imidazole rings is 1. The van der Waals surface area contributed by atoms with Gasteiger partial charge in [0.2, 0.25) is 0 Å². The first kappa shape index (κ1) is 18.0. The monoisotopic (exact) mass is 385 g/mol. The summed E-state index contributed by atoms with van der Waals surface area (Å²) >= 11 is 6.11. The molecule has 7 nitrogen and oxygen atoms in total. The molecule has 0 saturated carbocycles. The van der Waals surface area contributed by atoms with E-state index in [9.17, 15) is 0 Å². The summed E-state index contributed by atoms with van der Waals surface area (Å²) in [5.41, 5.74) is 2.93. The Kier molecular flexibility index (Phi) is 5.40. The van der Waals surface area contributed by atoms with Gasteiger partial charge in [0.05, 0.1) is 6.33 Å². The largest absolute Gasteiger partial charge is 0.371 e. The number of nitrogens with one attached hydrogen (secondary N) is 1.